The number of hydrogen-bond donors (Lipinski definition) is 2. The van der Waals surface area contributed by atoms with E-state index in [0.717, 1.165) is 0 Å². The number of piperazine rings is 1. The number of ether oxygens (including phenoxy) is 2. The Morgan fingerprint density at radius 2 is 1.44 bits per heavy atom. The Balaban J connectivity index is 1.52. The molecule has 0 amide bonds. The van der Waals surface area contributed by atoms with Gasteiger partial charge in [-0.15, -0.1) is 0 Å². The molecule has 1 saturated heterocycles. The van der Waals surface area contributed by atoms with Gasteiger partial charge in [-0.1, -0.05) is 24.3 Å². The molecule has 0 saturated carbocycles. The average molecular weight is 476 g/mol. The minimum Gasteiger partial charge on any atom is -0.484 e. The molecule has 1 fully saturated rings. The molecule has 0 spiro atoms. The maximum atomic E-state index is 11.3. The Labute approximate surface area is 196 Å². The van der Waals surface area contributed by atoms with Gasteiger partial charge in [0.1, 0.15) is 18.8 Å². The first kappa shape index (κ1) is 25.3. The molecule has 3 rings (SSSR count). The third-order valence-corrected chi connectivity index (χ3v) is 5.45. The number of aliphatic hydroxyl groups is 2. The van der Waals surface area contributed by atoms with E-state index in [2.05, 4.69) is 0 Å². The summed E-state index contributed by atoms with van der Waals surface area (Å²) in [6.07, 6.45) is -2.52. The maximum absolute atomic E-state index is 11.3. The second-order valence-corrected chi connectivity index (χ2v) is 8.00. The fraction of sp³-hybridized carbons (Fsp3) is 0.455. The van der Waals surface area contributed by atoms with Gasteiger partial charge >= 0.3 is 11.4 Å². The van der Waals surface area contributed by atoms with E-state index in [1.165, 1.54) is 24.3 Å². The number of nitro benzene ring substituents is 2. The molecule has 34 heavy (non-hydrogen) atoms. The molecular formula is C22H28N4O8. The van der Waals surface area contributed by atoms with Crippen LogP contribution >= 0.6 is 0 Å². The SMILES string of the molecule is CC(O)C(Oc1ccccc1[N+](=O)[O-])N1CCN(CC(O)COc2ccccc2[N+](=O)[O-])CC1. The predicted octanol–water partition coefficient (Wildman–Crippen LogP) is 1.65. The summed E-state index contributed by atoms with van der Waals surface area (Å²) in [6.45, 7) is 3.91. The lowest BCUT2D eigenvalue weighted by molar-refractivity contribution is -0.386. The maximum Gasteiger partial charge on any atom is 0.310 e. The second kappa shape index (κ2) is 11.7. The van der Waals surface area contributed by atoms with Crippen molar-refractivity contribution in [3.63, 3.8) is 0 Å². The van der Waals surface area contributed by atoms with Gasteiger partial charge in [-0.05, 0) is 19.1 Å². The summed E-state index contributed by atoms with van der Waals surface area (Å²) in [7, 11) is 0. The zero-order chi connectivity index (χ0) is 24.7. The molecule has 0 bridgehead atoms. The van der Waals surface area contributed by atoms with E-state index in [0.29, 0.717) is 32.7 Å². The Kier molecular flexibility index (Phi) is 8.71. The molecule has 0 radical (unpaired) electrons. The second-order valence-electron chi connectivity index (χ2n) is 8.00. The largest absolute Gasteiger partial charge is 0.484 e. The summed E-state index contributed by atoms with van der Waals surface area (Å²) >= 11 is 0. The number of nitro groups is 2. The van der Waals surface area contributed by atoms with Gasteiger partial charge in [0.25, 0.3) is 0 Å². The highest BCUT2D eigenvalue weighted by Gasteiger charge is 2.31. The third-order valence-electron chi connectivity index (χ3n) is 5.45. The van der Waals surface area contributed by atoms with Crippen LogP contribution in [-0.4, -0.2) is 87.6 Å². The van der Waals surface area contributed by atoms with Crippen molar-refractivity contribution in [2.75, 3.05) is 39.3 Å². The van der Waals surface area contributed by atoms with Gasteiger partial charge in [-0.25, -0.2) is 0 Å². The van der Waals surface area contributed by atoms with Crippen LogP contribution in [0.3, 0.4) is 0 Å². The summed E-state index contributed by atoms with van der Waals surface area (Å²) in [6, 6.07) is 12.0. The average Bonchev–Trinajstić information content (AvgIpc) is 2.82. The van der Waals surface area contributed by atoms with Gasteiger partial charge < -0.3 is 19.7 Å². The van der Waals surface area contributed by atoms with Crippen LogP contribution < -0.4 is 9.47 Å². The number of nitrogens with zero attached hydrogens (tertiary/aromatic N) is 4. The van der Waals surface area contributed by atoms with E-state index in [1.54, 1.807) is 31.2 Å². The Morgan fingerprint density at radius 1 is 0.912 bits per heavy atom. The van der Waals surface area contributed by atoms with Crippen LogP contribution in [0.1, 0.15) is 6.92 Å². The van der Waals surface area contributed by atoms with E-state index in [4.69, 9.17) is 9.47 Å². The van der Waals surface area contributed by atoms with E-state index < -0.39 is 28.3 Å². The Morgan fingerprint density at radius 3 is 2.00 bits per heavy atom. The highest BCUT2D eigenvalue weighted by atomic mass is 16.6. The topological polar surface area (TPSA) is 152 Å². The molecule has 184 valence electrons. The van der Waals surface area contributed by atoms with Crippen molar-refractivity contribution in [3.05, 3.63) is 68.8 Å². The van der Waals surface area contributed by atoms with Crippen molar-refractivity contribution in [2.45, 2.75) is 25.4 Å². The molecule has 1 aliphatic heterocycles. The molecule has 2 aromatic rings. The van der Waals surface area contributed by atoms with Crippen LogP contribution in [0.4, 0.5) is 11.4 Å². The van der Waals surface area contributed by atoms with Crippen LogP contribution in [0, 0.1) is 20.2 Å². The van der Waals surface area contributed by atoms with Gasteiger partial charge in [0.2, 0.25) is 0 Å². The van der Waals surface area contributed by atoms with Crippen LogP contribution in [0.5, 0.6) is 11.5 Å². The van der Waals surface area contributed by atoms with Gasteiger partial charge in [0.05, 0.1) is 9.85 Å². The van der Waals surface area contributed by atoms with Crippen LogP contribution in [-0.2, 0) is 0 Å². The molecule has 3 atom stereocenters. The van der Waals surface area contributed by atoms with E-state index in [1.807, 2.05) is 9.80 Å². The standard InChI is InChI=1S/C22H28N4O8/c1-16(27)22(34-21-9-5-3-7-19(21)26(31)32)24-12-10-23(11-13-24)14-17(28)15-33-20-8-4-2-6-18(20)25(29)30/h2-9,16-17,22,27-28H,10-15H2,1H3. The highest BCUT2D eigenvalue weighted by molar-refractivity contribution is 5.46. The Bertz CT molecular complexity index is 981. The van der Waals surface area contributed by atoms with Gasteiger partial charge in [0, 0.05) is 44.9 Å². The van der Waals surface area contributed by atoms with Crippen molar-refractivity contribution < 1.29 is 29.5 Å². The summed E-state index contributed by atoms with van der Waals surface area (Å²) in [5.74, 6) is 0.187. The van der Waals surface area contributed by atoms with Crippen molar-refractivity contribution in [1.82, 2.24) is 9.80 Å². The molecule has 12 nitrogen and oxygen atoms in total. The van der Waals surface area contributed by atoms with Crippen molar-refractivity contribution in [1.29, 1.82) is 0 Å². The first-order valence-electron chi connectivity index (χ1n) is 10.8. The van der Waals surface area contributed by atoms with Gasteiger partial charge in [-0.3, -0.25) is 30.0 Å². The quantitative estimate of drug-likeness (QED) is 0.362. The number of rotatable bonds is 11. The number of benzene rings is 2. The minimum atomic E-state index is -0.896. The van der Waals surface area contributed by atoms with Crippen LogP contribution in [0.25, 0.3) is 0 Å². The minimum absolute atomic E-state index is 0.0865. The summed E-state index contributed by atoms with van der Waals surface area (Å²) < 4.78 is 11.3. The van der Waals surface area contributed by atoms with E-state index in [-0.39, 0.29) is 29.5 Å². The molecule has 12 heteroatoms. The van der Waals surface area contributed by atoms with E-state index >= 15 is 0 Å². The number of aliphatic hydroxyl groups excluding tert-OH is 2. The van der Waals surface area contributed by atoms with Crippen LogP contribution in [0.15, 0.2) is 48.5 Å². The number of hydrogen-bond acceptors (Lipinski definition) is 10. The zero-order valence-electron chi connectivity index (χ0n) is 18.7. The molecule has 0 aliphatic carbocycles. The monoisotopic (exact) mass is 476 g/mol. The van der Waals surface area contributed by atoms with Crippen molar-refractivity contribution in [2.24, 2.45) is 0 Å². The third kappa shape index (κ3) is 6.60. The molecular weight excluding hydrogens is 448 g/mol. The Hall–Kier alpha value is -3.32. The highest BCUT2D eigenvalue weighted by Crippen LogP contribution is 2.29. The lowest BCUT2D eigenvalue weighted by Crippen LogP contribution is -2.56. The van der Waals surface area contributed by atoms with Gasteiger partial charge in [-0.2, -0.15) is 0 Å². The molecule has 0 aromatic heterocycles. The fourth-order valence-electron chi connectivity index (χ4n) is 3.78. The van der Waals surface area contributed by atoms with Crippen LogP contribution in [0.2, 0.25) is 0 Å². The first-order chi connectivity index (χ1) is 16.3. The van der Waals surface area contributed by atoms with Crippen molar-refractivity contribution in [3.8, 4) is 11.5 Å². The summed E-state index contributed by atoms with van der Waals surface area (Å²) in [5.41, 5.74) is -0.334. The van der Waals surface area contributed by atoms with Gasteiger partial charge in [0.15, 0.2) is 17.7 Å². The van der Waals surface area contributed by atoms with E-state index in [9.17, 15) is 30.4 Å². The van der Waals surface area contributed by atoms with Crippen molar-refractivity contribution >= 4 is 11.4 Å². The normalized spacial score (nSPS) is 17.5. The molecule has 1 heterocycles. The molecule has 3 unspecified atom stereocenters. The molecule has 2 aromatic carbocycles. The molecule has 2 N–H and O–H groups in total. The smallest absolute Gasteiger partial charge is 0.310 e. The molecule has 1 aliphatic rings. The fourth-order valence-corrected chi connectivity index (χ4v) is 3.78. The zero-order valence-corrected chi connectivity index (χ0v) is 18.7. The predicted molar refractivity (Wildman–Crippen MR) is 122 cm³/mol. The summed E-state index contributed by atoms with van der Waals surface area (Å²) in [4.78, 5) is 25.2. The number of para-hydroxylation sites is 4. The lowest BCUT2D eigenvalue weighted by Gasteiger charge is -2.40. The first-order valence-corrected chi connectivity index (χ1v) is 10.8. The number of β-amino-alcohol motifs (C(OH)–C–C–N with tert-alkyl or cyclic N) is 1. The summed E-state index contributed by atoms with van der Waals surface area (Å²) in [5, 5.41) is 42.9. The lowest BCUT2D eigenvalue weighted by atomic mass is 10.2.